The number of halogens is 1. The number of aromatic nitrogens is 3. The van der Waals surface area contributed by atoms with Gasteiger partial charge in [0.1, 0.15) is 5.69 Å². The molecule has 4 aromatic rings. The molecule has 0 spiro atoms. The first kappa shape index (κ1) is 16.6. The summed E-state index contributed by atoms with van der Waals surface area (Å²) in [6, 6.07) is 15.9. The Balaban J connectivity index is 2.06. The van der Waals surface area contributed by atoms with Crippen LogP contribution in [-0.2, 0) is 7.05 Å². The molecule has 0 aliphatic rings. The van der Waals surface area contributed by atoms with Gasteiger partial charge in [-0.2, -0.15) is 5.10 Å². The summed E-state index contributed by atoms with van der Waals surface area (Å²) in [6.07, 6.45) is 0. The predicted molar refractivity (Wildman–Crippen MR) is 105 cm³/mol. The summed E-state index contributed by atoms with van der Waals surface area (Å²) in [6.45, 7) is 1.97. The summed E-state index contributed by atoms with van der Waals surface area (Å²) < 4.78 is 2.43. The van der Waals surface area contributed by atoms with Crippen molar-refractivity contribution in [1.29, 1.82) is 0 Å². The van der Waals surface area contributed by atoms with Crippen LogP contribution in [0.25, 0.3) is 33.3 Å². The SMILES string of the molecule is Cc1nn(C)c(-c2ccccc2)c1-c1cccc2c(Br)c(C(=O)O)[nH]c12. The molecule has 0 radical (unpaired) electrons. The van der Waals surface area contributed by atoms with Crippen molar-refractivity contribution in [2.75, 3.05) is 0 Å². The third kappa shape index (κ3) is 2.45. The van der Waals surface area contributed by atoms with Crippen LogP contribution in [0.3, 0.4) is 0 Å². The summed E-state index contributed by atoms with van der Waals surface area (Å²) in [5, 5.41) is 14.9. The topological polar surface area (TPSA) is 70.9 Å². The van der Waals surface area contributed by atoms with Crippen LogP contribution in [-0.4, -0.2) is 25.8 Å². The summed E-state index contributed by atoms with van der Waals surface area (Å²) in [5.41, 5.74) is 5.81. The Morgan fingerprint density at radius 3 is 2.58 bits per heavy atom. The molecule has 0 amide bonds. The molecule has 0 fully saturated rings. The van der Waals surface area contributed by atoms with Gasteiger partial charge in [0.2, 0.25) is 0 Å². The van der Waals surface area contributed by atoms with E-state index in [1.54, 1.807) is 0 Å². The molecule has 0 unspecified atom stereocenters. The molecule has 2 aromatic carbocycles. The average Bonchev–Trinajstić information content (AvgIpc) is 3.12. The average molecular weight is 410 g/mol. The quantitative estimate of drug-likeness (QED) is 0.499. The van der Waals surface area contributed by atoms with E-state index in [1.807, 2.05) is 67.2 Å². The first-order valence-corrected chi connectivity index (χ1v) is 8.91. The van der Waals surface area contributed by atoms with Crippen molar-refractivity contribution in [1.82, 2.24) is 14.8 Å². The fourth-order valence-electron chi connectivity index (χ4n) is 3.45. The highest BCUT2D eigenvalue weighted by Crippen LogP contribution is 2.40. The highest BCUT2D eigenvalue weighted by atomic mass is 79.9. The summed E-state index contributed by atoms with van der Waals surface area (Å²) in [5.74, 6) is -0.995. The molecule has 130 valence electrons. The van der Waals surface area contributed by atoms with Crippen molar-refractivity contribution in [2.24, 2.45) is 7.05 Å². The van der Waals surface area contributed by atoms with Gasteiger partial charge in [0.05, 0.1) is 21.4 Å². The van der Waals surface area contributed by atoms with Crippen molar-refractivity contribution < 1.29 is 9.90 Å². The minimum atomic E-state index is -0.995. The van der Waals surface area contributed by atoms with E-state index in [0.717, 1.165) is 39.0 Å². The van der Waals surface area contributed by atoms with E-state index >= 15 is 0 Å². The van der Waals surface area contributed by atoms with E-state index in [-0.39, 0.29) is 5.69 Å². The lowest BCUT2D eigenvalue weighted by Gasteiger charge is -2.09. The van der Waals surface area contributed by atoms with Gasteiger partial charge in [-0.1, -0.05) is 48.5 Å². The largest absolute Gasteiger partial charge is 0.477 e. The first-order chi connectivity index (χ1) is 12.5. The van der Waals surface area contributed by atoms with E-state index in [1.165, 1.54) is 0 Å². The number of carboxylic acids is 1. The zero-order chi connectivity index (χ0) is 18.4. The number of H-pyrrole nitrogens is 1. The number of hydrogen-bond donors (Lipinski definition) is 2. The molecule has 26 heavy (non-hydrogen) atoms. The van der Waals surface area contributed by atoms with Gasteiger partial charge in [-0.05, 0) is 22.9 Å². The lowest BCUT2D eigenvalue weighted by atomic mass is 9.97. The highest BCUT2D eigenvalue weighted by molar-refractivity contribution is 9.10. The molecule has 0 bridgehead atoms. The number of nitrogens with zero attached hydrogens (tertiary/aromatic N) is 2. The van der Waals surface area contributed by atoms with Crippen molar-refractivity contribution in [3.05, 3.63) is 64.4 Å². The number of carboxylic acid groups (broad SMARTS) is 1. The molecule has 0 aliphatic heterocycles. The summed E-state index contributed by atoms with van der Waals surface area (Å²) in [4.78, 5) is 14.6. The van der Waals surface area contributed by atoms with Crippen LogP contribution in [0.15, 0.2) is 53.0 Å². The van der Waals surface area contributed by atoms with Crippen molar-refractivity contribution in [3.63, 3.8) is 0 Å². The third-order valence-electron chi connectivity index (χ3n) is 4.52. The Bertz CT molecular complexity index is 1140. The maximum atomic E-state index is 11.5. The molecular weight excluding hydrogens is 394 g/mol. The number of para-hydroxylation sites is 1. The lowest BCUT2D eigenvalue weighted by molar-refractivity contribution is 0.0690. The minimum Gasteiger partial charge on any atom is -0.477 e. The van der Waals surface area contributed by atoms with Crippen molar-refractivity contribution in [3.8, 4) is 22.4 Å². The normalized spacial score (nSPS) is 11.2. The van der Waals surface area contributed by atoms with Crippen LogP contribution in [0.2, 0.25) is 0 Å². The second kappa shape index (κ2) is 6.14. The Hall–Kier alpha value is -2.86. The van der Waals surface area contributed by atoms with Gasteiger partial charge in [0.25, 0.3) is 0 Å². The van der Waals surface area contributed by atoms with Crippen LogP contribution >= 0.6 is 15.9 Å². The van der Waals surface area contributed by atoms with E-state index in [9.17, 15) is 9.90 Å². The predicted octanol–water partition coefficient (Wildman–Crippen LogP) is 5.00. The molecule has 0 atom stereocenters. The van der Waals surface area contributed by atoms with Crippen LogP contribution in [0.1, 0.15) is 16.2 Å². The summed E-state index contributed by atoms with van der Waals surface area (Å²) in [7, 11) is 1.92. The van der Waals surface area contributed by atoms with E-state index in [4.69, 9.17) is 0 Å². The molecule has 2 heterocycles. The zero-order valence-corrected chi connectivity index (χ0v) is 15.8. The Kier molecular flexibility index (Phi) is 3.92. The Labute approximate surface area is 158 Å². The number of carbonyl (C=O) groups is 1. The molecule has 2 N–H and O–H groups in total. The van der Waals surface area contributed by atoms with Gasteiger partial charge in [-0.3, -0.25) is 4.68 Å². The van der Waals surface area contributed by atoms with Crippen molar-refractivity contribution >= 4 is 32.8 Å². The molecule has 6 heteroatoms. The number of rotatable bonds is 3. The van der Waals surface area contributed by atoms with E-state index < -0.39 is 5.97 Å². The molecule has 4 rings (SSSR count). The Morgan fingerprint density at radius 1 is 1.15 bits per heavy atom. The van der Waals surface area contributed by atoms with E-state index in [2.05, 4.69) is 26.0 Å². The molecule has 0 saturated heterocycles. The minimum absolute atomic E-state index is 0.148. The number of fused-ring (bicyclic) bond motifs is 1. The van der Waals surface area contributed by atoms with Gasteiger partial charge in [-0.15, -0.1) is 0 Å². The second-order valence-electron chi connectivity index (χ2n) is 6.15. The number of benzene rings is 2. The molecular formula is C20H16BrN3O2. The second-order valence-corrected chi connectivity index (χ2v) is 6.94. The molecule has 2 aromatic heterocycles. The monoisotopic (exact) mass is 409 g/mol. The van der Waals surface area contributed by atoms with Gasteiger partial charge in [0.15, 0.2) is 0 Å². The third-order valence-corrected chi connectivity index (χ3v) is 5.35. The van der Waals surface area contributed by atoms with Gasteiger partial charge < -0.3 is 10.1 Å². The van der Waals surface area contributed by atoms with Gasteiger partial charge in [0, 0.05) is 29.1 Å². The first-order valence-electron chi connectivity index (χ1n) is 8.12. The van der Waals surface area contributed by atoms with Gasteiger partial charge >= 0.3 is 5.97 Å². The van der Waals surface area contributed by atoms with Crippen LogP contribution in [0.4, 0.5) is 0 Å². The van der Waals surface area contributed by atoms with Crippen LogP contribution in [0, 0.1) is 6.92 Å². The molecule has 0 saturated carbocycles. The molecule has 5 nitrogen and oxygen atoms in total. The fraction of sp³-hybridized carbons (Fsp3) is 0.100. The number of aromatic carboxylic acids is 1. The highest BCUT2D eigenvalue weighted by Gasteiger charge is 2.22. The Morgan fingerprint density at radius 2 is 1.88 bits per heavy atom. The smallest absolute Gasteiger partial charge is 0.353 e. The van der Waals surface area contributed by atoms with Crippen molar-refractivity contribution in [2.45, 2.75) is 6.92 Å². The standard InChI is InChI=1S/C20H16BrN3O2/c1-11-15(19(24(2)23-11)12-7-4-3-5-8-12)13-9-6-10-14-16(21)18(20(25)26)22-17(13)14/h3-10,22H,1-2H3,(H,25,26). The number of aryl methyl sites for hydroxylation is 2. The zero-order valence-electron chi connectivity index (χ0n) is 14.2. The number of hydrogen-bond acceptors (Lipinski definition) is 2. The lowest BCUT2D eigenvalue weighted by Crippen LogP contribution is -1.96. The maximum absolute atomic E-state index is 11.5. The van der Waals surface area contributed by atoms with Crippen LogP contribution < -0.4 is 0 Å². The fourth-order valence-corrected chi connectivity index (χ4v) is 4.05. The molecule has 0 aliphatic carbocycles. The number of aromatic amines is 1. The van der Waals surface area contributed by atoms with Gasteiger partial charge in [-0.25, -0.2) is 4.79 Å². The van der Waals surface area contributed by atoms with E-state index in [0.29, 0.717) is 4.47 Å². The summed E-state index contributed by atoms with van der Waals surface area (Å²) >= 11 is 3.41. The van der Waals surface area contributed by atoms with Crippen LogP contribution in [0.5, 0.6) is 0 Å². The number of nitrogens with one attached hydrogen (secondary N) is 1. The maximum Gasteiger partial charge on any atom is 0.353 e.